The molecule has 0 saturated heterocycles. The monoisotopic (exact) mass is 598 g/mol. The van der Waals surface area contributed by atoms with Gasteiger partial charge in [0.2, 0.25) is 0 Å². The van der Waals surface area contributed by atoms with Crippen LogP contribution in [0.1, 0.15) is 12.1 Å². The molecule has 0 aliphatic heterocycles. The summed E-state index contributed by atoms with van der Waals surface area (Å²) in [5.41, 5.74) is 6.21. The lowest BCUT2D eigenvalue weighted by Crippen LogP contribution is -2.34. The Kier molecular flexibility index (Phi) is 10.1. The summed E-state index contributed by atoms with van der Waals surface area (Å²) in [6.45, 7) is 2.98. The molecule has 4 heterocycles. The van der Waals surface area contributed by atoms with Crippen LogP contribution < -0.4 is 4.74 Å². The summed E-state index contributed by atoms with van der Waals surface area (Å²) >= 11 is 0. The van der Waals surface area contributed by atoms with E-state index in [9.17, 15) is 9.90 Å². The van der Waals surface area contributed by atoms with Gasteiger partial charge in [0.05, 0.1) is 17.9 Å². The van der Waals surface area contributed by atoms with Gasteiger partial charge in [-0.1, -0.05) is 22.9 Å². The van der Waals surface area contributed by atoms with Gasteiger partial charge >= 0.3 is 6.09 Å². The zero-order chi connectivity index (χ0) is 29.1. The number of aromatic amines is 1. The second-order valence-electron chi connectivity index (χ2n) is 9.31. The molecule has 1 amide bonds. The maximum Gasteiger partial charge on any atom is 0.407 e. The van der Waals surface area contributed by atoms with Crippen LogP contribution in [0.3, 0.4) is 0 Å². The van der Waals surface area contributed by atoms with E-state index >= 15 is 0 Å². The molecule has 0 saturated carbocycles. The highest BCUT2D eigenvalue weighted by atomic mass is 33.1. The van der Waals surface area contributed by atoms with Crippen molar-refractivity contribution in [1.82, 2.24) is 30.0 Å². The van der Waals surface area contributed by atoms with E-state index in [2.05, 4.69) is 25.1 Å². The predicted molar refractivity (Wildman–Crippen MR) is 167 cm³/mol. The first-order valence-corrected chi connectivity index (χ1v) is 15.7. The molecule has 0 bridgehead atoms. The minimum absolute atomic E-state index is 0.268. The molecular weight excluding hydrogens is 569 g/mol. The topological polar surface area (TPSA) is 117 Å². The number of H-pyrrole nitrogens is 1. The number of rotatable bonds is 13. The maximum absolute atomic E-state index is 11.7. The van der Waals surface area contributed by atoms with Gasteiger partial charge in [-0.15, -0.1) is 0 Å². The molecule has 4 aromatic heterocycles. The number of aryl methyl sites for hydroxylation is 1. The molecule has 42 heavy (non-hydrogen) atoms. The number of benzene rings is 1. The molecule has 0 fully saturated rings. The fourth-order valence-corrected chi connectivity index (χ4v) is 6.20. The highest BCUT2D eigenvalue weighted by molar-refractivity contribution is 8.76. The zero-order valence-corrected chi connectivity index (χ0v) is 24.6. The van der Waals surface area contributed by atoms with E-state index in [0.29, 0.717) is 18.8 Å². The van der Waals surface area contributed by atoms with Crippen LogP contribution in [-0.2, 0) is 0 Å². The van der Waals surface area contributed by atoms with Gasteiger partial charge in [0, 0.05) is 53.3 Å². The molecule has 5 rings (SSSR count). The van der Waals surface area contributed by atoms with Crippen molar-refractivity contribution in [3.05, 3.63) is 97.1 Å². The van der Waals surface area contributed by atoms with E-state index in [1.54, 1.807) is 34.0 Å². The predicted octanol–water partition coefficient (Wildman–Crippen LogP) is 7.09. The van der Waals surface area contributed by atoms with Crippen LogP contribution in [0.2, 0.25) is 0 Å². The third-order valence-corrected chi connectivity index (χ3v) is 8.68. The lowest BCUT2D eigenvalue weighted by atomic mass is 10.0. The molecule has 9 nitrogen and oxygen atoms in total. The van der Waals surface area contributed by atoms with Gasteiger partial charge in [0.1, 0.15) is 23.1 Å². The summed E-state index contributed by atoms with van der Waals surface area (Å²) in [6.07, 6.45) is 5.20. The van der Waals surface area contributed by atoms with Crippen LogP contribution in [0, 0.1) is 6.92 Å². The zero-order valence-electron chi connectivity index (χ0n) is 23.0. The molecule has 2 N–H and O–H groups in total. The second kappa shape index (κ2) is 14.5. The lowest BCUT2D eigenvalue weighted by Gasteiger charge is -2.19. The van der Waals surface area contributed by atoms with Crippen molar-refractivity contribution in [2.45, 2.75) is 18.4 Å². The SMILES string of the molecule is Cc1cccc(-c2c[nH]nc2-c2ccnc(-c3ccc(OCCN(CCCSSc4ccccn4)C(=O)O)cc3)c2)n1. The lowest BCUT2D eigenvalue weighted by molar-refractivity contribution is 0.135. The number of nitrogens with one attached hydrogen (secondary N) is 1. The number of amides is 1. The van der Waals surface area contributed by atoms with Gasteiger partial charge in [-0.3, -0.25) is 15.1 Å². The highest BCUT2D eigenvalue weighted by Crippen LogP contribution is 2.32. The van der Waals surface area contributed by atoms with Crippen molar-refractivity contribution < 1.29 is 14.6 Å². The van der Waals surface area contributed by atoms with Crippen LogP contribution >= 0.6 is 21.6 Å². The average Bonchev–Trinajstić information content (AvgIpc) is 3.51. The third kappa shape index (κ3) is 7.89. The highest BCUT2D eigenvalue weighted by Gasteiger charge is 2.14. The second-order valence-corrected chi connectivity index (χ2v) is 11.7. The fraction of sp³-hybridized carbons (Fsp3) is 0.194. The normalized spacial score (nSPS) is 10.9. The first-order chi connectivity index (χ1) is 20.6. The summed E-state index contributed by atoms with van der Waals surface area (Å²) < 4.78 is 5.86. The molecule has 0 aliphatic carbocycles. The van der Waals surface area contributed by atoms with E-state index in [-0.39, 0.29) is 6.61 Å². The van der Waals surface area contributed by atoms with Gasteiger partial charge in [-0.05, 0) is 84.8 Å². The molecule has 1 aromatic carbocycles. The summed E-state index contributed by atoms with van der Waals surface area (Å²) in [4.78, 5) is 26.6. The maximum atomic E-state index is 11.7. The summed E-state index contributed by atoms with van der Waals surface area (Å²) in [6, 6.07) is 23.3. The Morgan fingerprint density at radius 2 is 1.83 bits per heavy atom. The van der Waals surface area contributed by atoms with Gasteiger partial charge in [0.15, 0.2) is 0 Å². The van der Waals surface area contributed by atoms with Gasteiger partial charge in [0.25, 0.3) is 0 Å². The van der Waals surface area contributed by atoms with Crippen LogP contribution in [0.4, 0.5) is 4.79 Å². The van der Waals surface area contributed by atoms with E-state index in [0.717, 1.165) is 56.7 Å². The molecule has 11 heteroatoms. The Morgan fingerprint density at radius 3 is 2.62 bits per heavy atom. The van der Waals surface area contributed by atoms with E-state index in [1.165, 1.54) is 4.90 Å². The van der Waals surface area contributed by atoms with Gasteiger partial charge < -0.3 is 14.7 Å². The first kappa shape index (κ1) is 29.2. The smallest absolute Gasteiger partial charge is 0.407 e. The minimum Gasteiger partial charge on any atom is -0.492 e. The quantitative estimate of drug-likeness (QED) is 0.108. The Labute approximate surface area is 252 Å². The van der Waals surface area contributed by atoms with Crippen molar-refractivity contribution >= 4 is 27.7 Å². The third-order valence-electron chi connectivity index (χ3n) is 6.33. The molecule has 0 atom stereocenters. The number of aromatic nitrogens is 5. The Bertz CT molecular complexity index is 1600. The number of pyridine rings is 3. The number of hydrogen-bond donors (Lipinski definition) is 2. The number of carboxylic acid groups (broad SMARTS) is 1. The molecular formula is C31H30N6O3S2. The molecule has 0 unspecified atom stereocenters. The van der Waals surface area contributed by atoms with Crippen LogP contribution in [-0.4, -0.2) is 66.7 Å². The van der Waals surface area contributed by atoms with Crippen molar-refractivity contribution in [3.63, 3.8) is 0 Å². The minimum atomic E-state index is -0.944. The van der Waals surface area contributed by atoms with Crippen LogP contribution in [0.25, 0.3) is 33.8 Å². The van der Waals surface area contributed by atoms with Crippen molar-refractivity contribution in [2.24, 2.45) is 0 Å². The fourth-order valence-electron chi connectivity index (χ4n) is 4.25. The Hall–Kier alpha value is -4.35. The standard InChI is InChI=1S/C31H30N6O3S2/c1-22-6-4-7-27(35-22)26-21-34-36-30(26)24-13-15-32-28(20-24)23-9-11-25(12-10-23)40-18-17-37(31(38)39)16-5-19-41-42-29-8-2-3-14-33-29/h2-4,6-15,20-21H,5,16-19H2,1H3,(H,34,36)(H,38,39). The Balaban J connectivity index is 1.13. The molecule has 0 aliphatic rings. The molecule has 0 radical (unpaired) electrons. The average molecular weight is 599 g/mol. The van der Waals surface area contributed by atoms with Gasteiger partial charge in [-0.2, -0.15) is 5.10 Å². The van der Waals surface area contributed by atoms with Crippen molar-refractivity contribution in [3.8, 4) is 39.5 Å². The van der Waals surface area contributed by atoms with Crippen molar-refractivity contribution in [1.29, 1.82) is 0 Å². The Morgan fingerprint density at radius 1 is 0.952 bits per heavy atom. The molecule has 5 aromatic rings. The van der Waals surface area contributed by atoms with Crippen LogP contribution in [0.5, 0.6) is 5.75 Å². The van der Waals surface area contributed by atoms with Gasteiger partial charge in [-0.25, -0.2) is 9.78 Å². The largest absolute Gasteiger partial charge is 0.492 e. The molecule has 214 valence electrons. The molecule has 0 spiro atoms. The summed E-state index contributed by atoms with van der Waals surface area (Å²) in [5, 5.41) is 18.0. The first-order valence-electron chi connectivity index (χ1n) is 13.4. The number of ether oxygens (including phenoxy) is 1. The van der Waals surface area contributed by atoms with E-state index in [4.69, 9.17) is 4.74 Å². The van der Waals surface area contributed by atoms with E-state index in [1.807, 2.05) is 85.9 Å². The van der Waals surface area contributed by atoms with E-state index < -0.39 is 6.09 Å². The van der Waals surface area contributed by atoms with Crippen LogP contribution in [0.15, 0.2) is 96.4 Å². The summed E-state index contributed by atoms with van der Waals surface area (Å²) in [7, 11) is 3.27. The summed E-state index contributed by atoms with van der Waals surface area (Å²) in [5.74, 6) is 1.50. The number of carbonyl (C=O) groups is 1. The number of hydrogen-bond acceptors (Lipinski definition) is 8. The van der Waals surface area contributed by atoms with Crippen molar-refractivity contribution in [2.75, 3.05) is 25.4 Å². The number of nitrogens with zero attached hydrogens (tertiary/aromatic N) is 5.